The molecule has 1 unspecified atom stereocenters. The zero-order chi connectivity index (χ0) is 22.0. The molecule has 0 bridgehead atoms. The molecule has 2 atom stereocenters. The second-order valence-corrected chi connectivity index (χ2v) is 8.72. The third kappa shape index (κ3) is 4.09. The lowest BCUT2D eigenvalue weighted by Crippen LogP contribution is -2.53. The summed E-state index contributed by atoms with van der Waals surface area (Å²) in [6.45, 7) is 1.99. The van der Waals surface area contributed by atoms with Crippen molar-refractivity contribution in [2.75, 3.05) is 12.8 Å². The number of rotatable bonds is 5. The number of allylic oxidation sites excluding steroid dienone is 1. The van der Waals surface area contributed by atoms with Crippen molar-refractivity contribution in [2.24, 2.45) is 16.6 Å². The fourth-order valence-corrected chi connectivity index (χ4v) is 4.90. The van der Waals surface area contributed by atoms with Crippen LogP contribution < -0.4 is 11.5 Å². The van der Waals surface area contributed by atoms with Crippen LogP contribution in [-0.2, 0) is 10.3 Å². The highest BCUT2D eigenvalue weighted by Crippen LogP contribution is 2.44. The molecule has 0 spiro atoms. The normalized spacial score (nSPS) is 21.5. The fourth-order valence-electron chi connectivity index (χ4n) is 3.82. The number of nitrogens with zero attached hydrogens (tertiary/aromatic N) is 3. The van der Waals surface area contributed by atoms with Crippen LogP contribution >= 0.6 is 11.3 Å². The molecule has 0 saturated heterocycles. The van der Waals surface area contributed by atoms with Gasteiger partial charge in [0.2, 0.25) is 5.91 Å². The molecule has 3 aromatic rings. The number of anilines is 1. The number of nitrogen functional groups attached to an aromatic ring is 1. The molecule has 0 saturated carbocycles. The van der Waals surface area contributed by atoms with Gasteiger partial charge in [0, 0.05) is 30.0 Å². The molecular weight excluding hydrogens is 406 g/mol. The Bertz CT molecular complexity index is 1150. The monoisotopic (exact) mass is 431 g/mol. The molecule has 0 radical (unpaired) electrons. The van der Waals surface area contributed by atoms with Gasteiger partial charge >= 0.3 is 0 Å². The minimum absolute atomic E-state index is 0.0340. The molecule has 31 heavy (non-hydrogen) atoms. The number of benzene rings is 1. The number of amides is 1. The molecule has 1 aliphatic heterocycles. The lowest BCUT2D eigenvalue weighted by Gasteiger charge is -2.39. The molecule has 1 aliphatic rings. The van der Waals surface area contributed by atoms with E-state index in [0.717, 1.165) is 21.6 Å². The van der Waals surface area contributed by atoms with Crippen molar-refractivity contribution in [3.05, 3.63) is 76.8 Å². The quantitative estimate of drug-likeness (QED) is 0.594. The first-order valence-electron chi connectivity index (χ1n) is 10.0. The van der Waals surface area contributed by atoms with Crippen molar-refractivity contribution >= 4 is 35.0 Å². The van der Waals surface area contributed by atoms with Crippen molar-refractivity contribution in [3.8, 4) is 11.1 Å². The zero-order valence-electron chi connectivity index (χ0n) is 17.5. The second-order valence-electron chi connectivity index (χ2n) is 7.81. The molecule has 1 amide bonds. The summed E-state index contributed by atoms with van der Waals surface area (Å²) in [4.78, 5) is 24.5. The highest BCUT2D eigenvalue weighted by atomic mass is 32.1. The van der Waals surface area contributed by atoms with Crippen LogP contribution in [0.3, 0.4) is 0 Å². The van der Waals surface area contributed by atoms with Crippen LogP contribution in [0, 0.1) is 5.92 Å². The minimum Gasteiger partial charge on any atom is -0.399 e. The average molecular weight is 432 g/mol. The number of pyridine rings is 1. The van der Waals surface area contributed by atoms with Gasteiger partial charge in [0.25, 0.3) is 0 Å². The number of nitrogens with two attached hydrogens (primary N) is 2. The average Bonchev–Trinajstić information content (AvgIpc) is 3.27. The molecule has 6 nitrogen and oxygen atoms in total. The Balaban J connectivity index is 1.68. The van der Waals surface area contributed by atoms with E-state index in [-0.39, 0.29) is 17.8 Å². The first-order valence-corrected chi connectivity index (χ1v) is 10.9. The first-order chi connectivity index (χ1) is 14.9. The van der Waals surface area contributed by atoms with Crippen LogP contribution in [0.5, 0.6) is 0 Å². The number of guanidine groups is 1. The summed E-state index contributed by atoms with van der Waals surface area (Å²) in [6, 6.07) is 13.7. The van der Waals surface area contributed by atoms with Crippen molar-refractivity contribution in [2.45, 2.75) is 18.9 Å². The summed E-state index contributed by atoms with van der Waals surface area (Å²) in [5, 5.41) is 2.08. The highest BCUT2D eigenvalue weighted by molar-refractivity contribution is 7.10. The van der Waals surface area contributed by atoms with Gasteiger partial charge in [-0.2, -0.15) is 0 Å². The summed E-state index contributed by atoms with van der Waals surface area (Å²) in [5.74, 6) is -0.163. The summed E-state index contributed by atoms with van der Waals surface area (Å²) in [7, 11) is 1.67. The lowest BCUT2D eigenvalue weighted by molar-refractivity contribution is -0.133. The van der Waals surface area contributed by atoms with E-state index in [1.165, 1.54) is 4.90 Å². The summed E-state index contributed by atoms with van der Waals surface area (Å²) in [6.07, 6.45) is 8.07. The molecule has 1 aromatic carbocycles. The molecular formula is C24H25N5OS. The standard InChI is InChI=1S/C24H25N5OS/c1-24(21-14-18(15-31-21)17-6-4-7-19(25)13-17)20(22(30)29(2)23(26)28-24)8-3-5-16-9-11-27-12-10-16/h3-7,9-15,20H,8,25H2,1-2H3,(H2,26,28)/b5-3+/t20?,24-/m0/s1. The van der Waals surface area contributed by atoms with Crippen molar-refractivity contribution in [1.82, 2.24) is 9.88 Å². The van der Waals surface area contributed by atoms with Crippen molar-refractivity contribution < 1.29 is 4.79 Å². The highest BCUT2D eigenvalue weighted by Gasteiger charge is 2.46. The molecule has 0 fully saturated rings. The van der Waals surface area contributed by atoms with Crippen LogP contribution in [0.1, 0.15) is 23.8 Å². The topological polar surface area (TPSA) is 97.6 Å². The molecule has 2 aromatic heterocycles. The zero-order valence-corrected chi connectivity index (χ0v) is 18.3. The lowest BCUT2D eigenvalue weighted by atomic mass is 9.79. The van der Waals surface area contributed by atoms with Crippen LogP contribution in [0.25, 0.3) is 17.2 Å². The van der Waals surface area contributed by atoms with Gasteiger partial charge in [-0.3, -0.25) is 14.7 Å². The molecule has 158 valence electrons. The maximum Gasteiger partial charge on any atom is 0.235 e. The number of aliphatic imine (C=N–C) groups is 1. The Morgan fingerprint density at radius 2 is 1.94 bits per heavy atom. The number of thiophene rings is 1. The predicted octanol–water partition coefficient (Wildman–Crippen LogP) is 4.11. The van der Waals surface area contributed by atoms with E-state index in [2.05, 4.69) is 16.4 Å². The smallest absolute Gasteiger partial charge is 0.235 e. The van der Waals surface area contributed by atoms with Crippen molar-refractivity contribution in [3.63, 3.8) is 0 Å². The maximum absolute atomic E-state index is 13.2. The number of hydrogen-bond acceptors (Lipinski definition) is 6. The van der Waals surface area contributed by atoms with Crippen LogP contribution in [-0.4, -0.2) is 28.8 Å². The van der Waals surface area contributed by atoms with E-state index < -0.39 is 5.54 Å². The Hall–Kier alpha value is -3.45. The van der Waals surface area contributed by atoms with Gasteiger partial charge in [-0.1, -0.05) is 24.3 Å². The van der Waals surface area contributed by atoms with E-state index in [1.54, 1.807) is 30.8 Å². The maximum atomic E-state index is 13.2. The molecule has 4 rings (SSSR count). The van der Waals surface area contributed by atoms with Crippen LogP contribution in [0.4, 0.5) is 5.69 Å². The van der Waals surface area contributed by atoms with E-state index >= 15 is 0 Å². The van der Waals surface area contributed by atoms with E-state index in [1.807, 2.05) is 55.5 Å². The van der Waals surface area contributed by atoms with Crippen LogP contribution in [0.2, 0.25) is 0 Å². The van der Waals surface area contributed by atoms with Gasteiger partial charge in [-0.15, -0.1) is 11.3 Å². The van der Waals surface area contributed by atoms with E-state index in [4.69, 9.17) is 16.5 Å². The Labute approximate surface area is 185 Å². The van der Waals surface area contributed by atoms with Crippen LogP contribution in [0.15, 0.2) is 71.3 Å². The minimum atomic E-state index is -0.750. The van der Waals surface area contributed by atoms with Gasteiger partial charge in [0.1, 0.15) is 5.54 Å². The molecule has 7 heteroatoms. The Morgan fingerprint density at radius 3 is 2.68 bits per heavy atom. The Kier molecular flexibility index (Phi) is 5.61. The fraction of sp³-hybridized carbons (Fsp3) is 0.208. The molecule has 3 heterocycles. The summed E-state index contributed by atoms with van der Waals surface area (Å²) in [5.41, 5.74) is 15.2. The summed E-state index contributed by atoms with van der Waals surface area (Å²) >= 11 is 1.59. The molecule has 0 aliphatic carbocycles. The van der Waals surface area contributed by atoms with E-state index in [0.29, 0.717) is 12.1 Å². The number of carbonyl (C=O) groups excluding carboxylic acids is 1. The third-order valence-electron chi connectivity index (χ3n) is 5.70. The second kappa shape index (κ2) is 8.35. The van der Waals surface area contributed by atoms with Crippen molar-refractivity contribution in [1.29, 1.82) is 0 Å². The Morgan fingerprint density at radius 1 is 1.16 bits per heavy atom. The largest absolute Gasteiger partial charge is 0.399 e. The summed E-state index contributed by atoms with van der Waals surface area (Å²) < 4.78 is 0. The third-order valence-corrected chi connectivity index (χ3v) is 6.86. The first kappa shape index (κ1) is 20.8. The van der Waals surface area contributed by atoms with Gasteiger partial charge < -0.3 is 11.5 Å². The predicted molar refractivity (Wildman–Crippen MR) is 127 cm³/mol. The van der Waals surface area contributed by atoms with Gasteiger partial charge in [0.05, 0.1) is 5.92 Å². The van der Waals surface area contributed by atoms with Gasteiger partial charge in [0.15, 0.2) is 5.96 Å². The van der Waals surface area contributed by atoms with E-state index in [9.17, 15) is 4.79 Å². The van der Waals surface area contributed by atoms with Gasteiger partial charge in [-0.05, 0) is 65.7 Å². The molecule has 4 N–H and O–H groups in total. The number of carbonyl (C=O) groups is 1. The number of aromatic nitrogens is 1. The number of hydrogen-bond donors (Lipinski definition) is 2. The SMILES string of the molecule is CN1C(=O)C(C/C=C/c2ccncc2)[C@@](C)(c2cc(-c3cccc(N)c3)cs2)N=C1N. The van der Waals surface area contributed by atoms with Gasteiger partial charge in [-0.25, -0.2) is 4.99 Å².